The van der Waals surface area contributed by atoms with Gasteiger partial charge in [-0.05, 0) is 6.42 Å². The van der Waals surface area contributed by atoms with Crippen molar-refractivity contribution in [1.29, 1.82) is 0 Å². The minimum Gasteiger partial charge on any atom is -0.756 e. The zero-order chi connectivity index (χ0) is 28.5. The van der Waals surface area contributed by atoms with Gasteiger partial charge < -0.3 is 33.2 Å². The van der Waals surface area contributed by atoms with Gasteiger partial charge in [0.1, 0.15) is 19.3 Å². The quantitative estimate of drug-likeness (QED) is 0.0717. The molecule has 0 aromatic heterocycles. The van der Waals surface area contributed by atoms with Crippen LogP contribution in [0.5, 0.6) is 0 Å². The first kappa shape index (κ1) is 37.3. The highest BCUT2D eigenvalue weighted by Crippen LogP contribution is 2.39. The van der Waals surface area contributed by atoms with Crippen molar-refractivity contribution >= 4 is 13.9 Å². The molecule has 1 N–H and O–H groups in total. The number of carbonyl (C=O) groups excluding carboxylic acids is 1. The summed E-state index contributed by atoms with van der Waals surface area (Å²) in [5.41, 5.74) is 0. The maximum atomic E-state index is 12.2. The van der Waals surface area contributed by atoms with Crippen molar-refractivity contribution in [1.82, 2.24) is 5.32 Å². The number of nitrogens with one attached hydrogen (secondary N) is 1. The lowest BCUT2D eigenvalue weighted by molar-refractivity contribution is -0.870. The Kier molecular flexibility index (Phi) is 23.7. The largest absolute Gasteiger partial charge is 0.756 e. The highest BCUT2D eigenvalue weighted by atomic mass is 31.2. The van der Waals surface area contributed by atoms with Gasteiger partial charge in [-0.1, -0.05) is 103 Å². The summed E-state index contributed by atoms with van der Waals surface area (Å²) in [7, 11) is 2.53. The molecule has 0 saturated heterocycles. The molecule has 228 valence electrons. The van der Waals surface area contributed by atoms with Crippen molar-refractivity contribution in [2.24, 2.45) is 0 Å². The molecular weight excluding hydrogens is 507 g/mol. The second kappa shape index (κ2) is 24.1. The van der Waals surface area contributed by atoms with Crippen LogP contribution in [0.3, 0.4) is 0 Å². The topological polar surface area (TPSA) is 106 Å². The lowest BCUT2D eigenvalue weighted by Gasteiger charge is -2.30. The SMILES string of the molecule is CCCCCCCCCCCCCCCCCCOCC(CNC(=O)OC)OP(=O)([O-])OCC[N+](C)(C)C. The molecule has 0 spiro atoms. The minimum atomic E-state index is -4.53. The lowest BCUT2D eigenvalue weighted by atomic mass is 10.0. The van der Waals surface area contributed by atoms with Crippen molar-refractivity contribution in [3.8, 4) is 0 Å². The fourth-order valence-corrected chi connectivity index (χ4v) is 4.87. The third-order valence-electron chi connectivity index (χ3n) is 6.40. The van der Waals surface area contributed by atoms with Gasteiger partial charge in [-0.3, -0.25) is 4.57 Å². The predicted octanol–water partition coefficient (Wildman–Crippen LogP) is 6.20. The van der Waals surface area contributed by atoms with E-state index in [1.165, 1.54) is 97.0 Å². The Labute approximate surface area is 233 Å². The summed E-state index contributed by atoms with van der Waals surface area (Å²) in [6.07, 6.45) is 19.3. The molecule has 2 atom stereocenters. The molecule has 0 aliphatic rings. The highest BCUT2D eigenvalue weighted by molar-refractivity contribution is 7.45. The zero-order valence-corrected chi connectivity index (χ0v) is 26.1. The fourth-order valence-electron chi connectivity index (χ4n) is 4.00. The third kappa shape index (κ3) is 26.9. The van der Waals surface area contributed by atoms with E-state index >= 15 is 0 Å². The van der Waals surface area contributed by atoms with Gasteiger partial charge in [-0.2, -0.15) is 0 Å². The first-order valence-electron chi connectivity index (χ1n) is 14.9. The number of hydrogen-bond donors (Lipinski definition) is 1. The number of nitrogens with zero attached hydrogens (tertiary/aromatic N) is 1. The van der Waals surface area contributed by atoms with E-state index in [4.69, 9.17) is 13.8 Å². The van der Waals surface area contributed by atoms with E-state index in [-0.39, 0.29) is 19.8 Å². The van der Waals surface area contributed by atoms with Crippen LogP contribution < -0.4 is 10.2 Å². The monoisotopic (exact) mass is 566 g/mol. The number of unbranched alkanes of at least 4 members (excludes halogenated alkanes) is 15. The number of hydrogen-bond acceptors (Lipinski definition) is 7. The van der Waals surface area contributed by atoms with Crippen LogP contribution >= 0.6 is 7.82 Å². The Balaban J connectivity index is 3.87. The summed E-state index contributed by atoms with van der Waals surface area (Å²) in [5.74, 6) is 0. The summed E-state index contributed by atoms with van der Waals surface area (Å²) in [5, 5.41) is 2.46. The van der Waals surface area contributed by atoms with Gasteiger partial charge in [0, 0.05) is 13.2 Å². The van der Waals surface area contributed by atoms with Crippen molar-refractivity contribution < 1.29 is 37.3 Å². The van der Waals surface area contributed by atoms with Gasteiger partial charge in [0.15, 0.2) is 0 Å². The Bertz CT molecular complexity index is 602. The predicted molar refractivity (Wildman–Crippen MR) is 152 cm³/mol. The molecule has 9 nitrogen and oxygen atoms in total. The summed E-state index contributed by atoms with van der Waals surface area (Å²) in [6, 6.07) is 0. The van der Waals surface area contributed by atoms with Gasteiger partial charge in [0.05, 0.1) is 34.9 Å². The van der Waals surface area contributed by atoms with E-state index in [0.717, 1.165) is 12.8 Å². The number of phosphoric ester groups is 1. The molecule has 0 fully saturated rings. The first-order chi connectivity index (χ1) is 18.1. The van der Waals surface area contributed by atoms with Gasteiger partial charge in [-0.15, -0.1) is 0 Å². The van der Waals surface area contributed by atoms with Gasteiger partial charge in [-0.25, -0.2) is 4.79 Å². The summed E-state index contributed by atoms with van der Waals surface area (Å²) < 4.78 is 33.1. The van der Waals surface area contributed by atoms with E-state index < -0.39 is 20.0 Å². The Morgan fingerprint density at radius 3 is 1.74 bits per heavy atom. The maximum absolute atomic E-state index is 12.2. The molecule has 2 unspecified atom stereocenters. The van der Waals surface area contributed by atoms with E-state index in [1.807, 2.05) is 21.1 Å². The molecule has 0 heterocycles. The molecular formula is C28H59N2O7P. The molecule has 0 bridgehead atoms. The average molecular weight is 567 g/mol. The van der Waals surface area contributed by atoms with Crippen LogP contribution in [0, 0.1) is 0 Å². The van der Waals surface area contributed by atoms with Gasteiger partial charge >= 0.3 is 6.09 Å². The molecule has 10 heteroatoms. The standard InChI is InChI=1S/C28H59N2O7P/c1-6-7-8-9-10-11-12-13-14-15-16-17-18-19-20-21-23-35-26-27(25-29-28(31)34-5)37-38(32,33)36-24-22-30(2,3)4/h27H,6-26H2,1-5H3,(H-,29,31,32,33). The average Bonchev–Trinajstić information content (AvgIpc) is 2.85. The van der Waals surface area contributed by atoms with Crippen LogP contribution in [-0.2, 0) is 23.1 Å². The summed E-state index contributed by atoms with van der Waals surface area (Å²) in [4.78, 5) is 23.6. The first-order valence-corrected chi connectivity index (χ1v) is 16.4. The van der Waals surface area contributed by atoms with Crippen LogP contribution in [0.2, 0.25) is 0 Å². The molecule has 0 aliphatic carbocycles. The Morgan fingerprint density at radius 2 is 1.29 bits per heavy atom. The molecule has 0 saturated carbocycles. The van der Waals surface area contributed by atoms with Crippen molar-refractivity contribution in [3.63, 3.8) is 0 Å². The number of ether oxygens (including phenoxy) is 2. The minimum absolute atomic E-state index is 0.0154. The van der Waals surface area contributed by atoms with Crippen LogP contribution in [0.4, 0.5) is 4.79 Å². The molecule has 0 rings (SSSR count). The Morgan fingerprint density at radius 1 is 0.816 bits per heavy atom. The number of phosphoric acid groups is 1. The zero-order valence-electron chi connectivity index (χ0n) is 25.2. The van der Waals surface area contributed by atoms with Crippen LogP contribution in [0.15, 0.2) is 0 Å². The van der Waals surface area contributed by atoms with E-state index in [1.54, 1.807) is 0 Å². The maximum Gasteiger partial charge on any atom is 0.406 e. The Hall–Kier alpha value is -0.700. The van der Waals surface area contributed by atoms with E-state index in [2.05, 4.69) is 17.0 Å². The van der Waals surface area contributed by atoms with Crippen molar-refractivity contribution in [3.05, 3.63) is 0 Å². The molecule has 1 amide bonds. The second-order valence-electron chi connectivity index (χ2n) is 11.3. The van der Waals surface area contributed by atoms with Crippen LogP contribution in [0.25, 0.3) is 0 Å². The second-order valence-corrected chi connectivity index (χ2v) is 12.6. The molecule has 0 aromatic rings. The van der Waals surface area contributed by atoms with Crippen molar-refractivity contribution in [2.45, 2.75) is 116 Å². The number of rotatable bonds is 27. The normalized spacial score (nSPS) is 14.3. The smallest absolute Gasteiger partial charge is 0.406 e. The molecule has 0 aliphatic heterocycles. The van der Waals surface area contributed by atoms with Crippen LogP contribution in [-0.4, -0.2) is 77.8 Å². The lowest BCUT2D eigenvalue weighted by Crippen LogP contribution is -2.39. The van der Waals surface area contributed by atoms with Gasteiger partial charge in [0.2, 0.25) is 0 Å². The van der Waals surface area contributed by atoms with E-state index in [0.29, 0.717) is 17.6 Å². The summed E-state index contributed by atoms with van der Waals surface area (Å²) >= 11 is 0. The third-order valence-corrected chi connectivity index (χ3v) is 7.45. The molecule has 0 radical (unpaired) electrons. The van der Waals surface area contributed by atoms with Crippen molar-refractivity contribution in [2.75, 3.05) is 61.2 Å². The van der Waals surface area contributed by atoms with Gasteiger partial charge in [0.25, 0.3) is 7.82 Å². The number of alkyl carbamates (subject to hydrolysis) is 1. The number of likely N-dealkylation sites (N-methyl/N-ethyl adjacent to an activating group) is 1. The molecule has 38 heavy (non-hydrogen) atoms. The highest BCUT2D eigenvalue weighted by Gasteiger charge is 2.21. The number of quaternary nitrogens is 1. The number of amides is 1. The number of methoxy groups -OCH3 is 1. The van der Waals surface area contributed by atoms with E-state index in [9.17, 15) is 14.3 Å². The number of carbonyl (C=O) groups is 1. The van der Waals surface area contributed by atoms with Crippen LogP contribution in [0.1, 0.15) is 110 Å². The molecule has 0 aromatic carbocycles. The summed E-state index contributed by atoms with van der Waals surface area (Å²) in [6.45, 7) is 3.28. The fraction of sp³-hybridized carbons (Fsp3) is 0.964.